The van der Waals surface area contributed by atoms with Gasteiger partial charge in [-0.3, -0.25) is 15.0 Å². The maximum atomic E-state index is 4.68. The van der Waals surface area contributed by atoms with E-state index in [0.29, 0.717) is 5.69 Å². The third kappa shape index (κ3) is 3.69. The fraction of sp³-hybridized carbons (Fsp3) is 0. The lowest BCUT2D eigenvalue weighted by Crippen LogP contribution is -2.13. The Hall–Kier alpha value is -5.17. The molecule has 7 nitrogen and oxygen atoms in total. The molecule has 0 aromatic carbocycles. The van der Waals surface area contributed by atoms with Gasteiger partial charge in [0.25, 0.3) is 0 Å². The summed E-state index contributed by atoms with van der Waals surface area (Å²) in [5.41, 5.74) is 8.83. The molecule has 0 amide bonds. The molecule has 2 aromatic heterocycles. The molecule has 0 bridgehead atoms. The average molecular weight is 468 g/mol. The maximum Gasteiger partial charge on any atom is 0.113 e. The van der Waals surface area contributed by atoms with Crippen LogP contribution < -0.4 is 0 Å². The highest BCUT2D eigenvalue weighted by Gasteiger charge is 2.20. The summed E-state index contributed by atoms with van der Waals surface area (Å²) in [6, 6.07) is 11.9. The third-order valence-corrected chi connectivity index (χ3v) is 6.10. The Morgan fingerprint density at radius 1 is 0.667 bits per heavy atom. The molecule has 2 aromatic rings. The second-order valence-corrected chi connectivity index (χ2v) is 8.14. The fourth-order valence-corrected chi connectivity index (χ4v) is 4.32. The minimum absolute atomic E-state index is 0.709. The van der Waals surface area contributed by atoms with Gasteiger partial charge in [0.15, 0.2) is 0 Å². The molecule has 6 rings (SSSR count). The predicted octanol–water partition coefficient (Wildman–Crippen LogP) is 5.62. The van der Waals surface area contributed by atoms with Crippen molar-refractivity contribution in [2.75, 3.05) is 0 Å². The van der Waals surface area contributed by atoms with Gasteiger partial charge in [0.2, 0.25) is 0 Å². The van der Waals surface area contributed by atoms with Crippen molar-refractivity contribution in [3.8, 4) is 11.3 Å². The van der Waals surface area contributed by atoms with E-state index in [1.165, 1.54) is 0 Å². The highest BCUT2D eigenvalue weighted by atomic mass is 15.1. The van der Waals surface area contributed by atoms with Crippen LogP contribution in [0.5, 0.6) is 0 Å². The Morgan fingerprint density at radius 3 is 1.94 bits per heavy atom. The van der Waals surface area contributed by atoms with E-state index in [-0.39, 0.29) is 0 Å². The smallest absolute Gasteiger partial charge is 0.113 e. The zero-order valence-electron chi connectivity index (χ0n) is 19.4. The van der Waals surface area contributed by atoms with Crippen molar-refractivity contribution >= 4 is 35.7 Å². The Kier molecular flexibility index (Phi) is 5.27. The third-order valence-electron chi connectivity index (χ3n) is 6.10. The number of rotatable bonds is 4. The molecular weight excluding hydrogens is 446 g/mol. The van der Waals surface area contributed by atoms with Crippen LogP contribution in [0.25, 0.3) is 47.0 Å². The zero-order chi connectivity index (χ0) is 24.5. The van der Waals surface area contributed by atoms with Crippen LogP contribution in [0.15, 0.2) is 92.9 Å². The number of aromatic nitrogens is 5. The van der Waals surface area contributed by atoms with Gasteiger partial charge in [-0.05, 0) is 60.7 Å². The summed E-state index contributed by atoms with van der Waals surface area (Å²) in [5, 5.41) is 8.82. The van der Waals surface area contributed by atoms with Gasteiger partial charge in [0.1, 0.15) is 5.69 Å². The van der Waals surface area contributed by atoms with Crippen LogP contribution in [-0.4, -0.2) is 34.9 Å². The van der Waals surface area contributed by atoms with Gasteiger partial charge < -0.3 is 9.80 Å². The molecule has 0 N–H and O–H groups in total. The van der Waals surface area contributed by atoms with Crippen molar-refractivity contribution in [1.29, 1.82) is 0 Å². The minimum atomic E-state index is 0.709. The molecule has 0 unspecified atom stereocenters. The van der Waals surface area contributed by atoms with E-state index in [1.54, 1.807) is 31.0 Å². The van der Waals surface area contributed by atoms with Crippen LogP contribution in [0.1, 0.15) is 33.9 Å². The topological polar surface area (TPSA) is 70.9 Å². The largest absolute Gasteiger partial charge is 0.324 e. The lowest BCUT2D eigenvalue weighted by Gasteiger charge is -2.24. The molecule has 4 aliphatic heterocycles. The van der Waals surface area contributed by atoms with E-state index < -0.39 is 0 Å². The first-order valence-corrected chi connectivity index (χ1v) is 11.4. The fourth-order valence-electron chi connectivity index (χ4n) is 4.32. The minimum Gasteiger partial charge on any atom is -0.324 e. The summed E-state index contributed by atoms with van der Waals surface area (Å²) in [7, 11) is 0. The number of nitrogens with zero attached hydrogens (tertiary/aromatic N) is 7. The highest BCUT2D eigenvalue weighted by Crippen LogP contribution is 2.33. The molecular formula is C29H21N7. The summed E-state index contributed by atoms with van der Waals surface area (Å²) in [4.78, 5) is 17.5. The quantitative estimate of drug-likeness (QED) is 0.386. The highest BCUT2D eigenvalue weighted by molar-refractivity contribution is 5.90. The Morgan fingerprint density at radius 2 is 1.31 bits per heavy atom. The Labute approximate surface area is 208 Å². The van der Waals surface area contributed by atoms with Gasteiger partial charge in [0, 0.05) is 53.9 Å². The number of fused-ring (bicyclic) bond motifs is 3. The predicted molar refractivity (Wildman–Crippen MR) is 143 cm³/mol. The van der Waals surface area contributed by atoms with E-state index in [9.17, 15) is 0 Å². The van der Waals surface area contributed by atoms with Crippen LogP contribution in [-0.2, 0) is 0 Å². The van der Waals surface area contributed by atoms with Gasteiger partial charge in [-0.15, -0.1) is 10.2 Å². The van der Waals surface area contributed by atoms with Crippen LogP contribution in [0, 0.1) is 0 Å². The molecule has 7 heteroatoms. The molecule has 0 saturated heterocycles. The summed E-state index contributed by atoms with van der Waals surface area (Å²) >= 11 is 0. The number of pyridine rings is 2. The van der Waals surface area contributed by atoms with E-state index >= 15 is 0 Å². The Bertz CT molecular complexity index is 1590. The monoisotopic (exact) mass is 467 g/mol. The van der Waals surface area contributed by atoms with Gasteiger partial charge in [-0.1, -0.05) is 13.2 Å². The molecule has 172 valence electrons. The number of hydrogen-bond acceptors (Lipinski definition) is 7. The molecule has 6 heterocycles. The Balaban J connectivity index is 1.43. The van der Waals surface area contributed by atoms with E-state index in [0.717, 1.165) is 50.9 Å². The average Bonchev–Trinajstić information content (AvgIpc) is 3.19. The first-order valence-electron chi connectivity index (χ1n) is 11.4. The summed E-state index contributed by atoms with van der Waals surface area (Å²) in [6.45, 7) is 7.89. The molecule has 0 fully saturated rings. The van der Waals surface area contributed by atoms with Crippen LogP contribution in [0.4, 0.5) is 0 Å². The standard InChI is InChI=1S/C29H21N7/c1-3-35-15-11-24-22(7-5-13-30-24)28(35)17-20-9-10-21-26(33-34-27(21)19-32-20)18-29-23-8-6-14-31-25(23)12-16-36(29)4-2/h3-19H,1-2H2/b28-17+,29-18+. The zero-order valence-corrected chi connectivity index (χ0v) is 19.4. The summed E-state index contributed by atoms with van der Waals surface area (Å²) in [6.07, 6.45) is 20.7. The van der Waals surface area contributed by atoms with Crippen LogP contribution in [0.2, 0.25) is 0 Å². The molecule has 4 aliphatic rings. The van der Waals surface area contributed by atoms with Gasteiger partial charge >= 0.3 is 0 Å². The second kappa shape index (κ2) is 8.88. The first-order chi connectivity index (χ1) is 17.7. The molecule has 0 spiro atoms. The molecule has 0 aliphatic carbocycles. The first kappa shape index (κ1) is 21.4. The van der Waals surface area contributed by atoms with Gasteiger partial charge in [0.05, 0.1) is 40.4 Å². The van der Waals surface area contributed by atoms with Crippen molar-refractivity contribution in [2.45, 2.75) is 0 Å². The summed E-state index contributed by atoms with van der Waals surface area (Å²) < 4.78 is 0. The lowest BCUT2D eigenvalue weighted by molar-refractivity contribution is 0.726. The second-order valence-electron chi connectivity index (χ2n) is 8.14. The normalized spacial score (nSPS) is 16.3. The van der Waals surface area contributed by atoms with Crippen LogP contribution >= 0.6 is 0 Å². The SMILES string of the molecule is C=CN1C=Cc2ncccc2/C1=C\c1ccc2c(/C=C3\c4cccnc4C=CN3C=C)nnc-2cn1. The van der Waals surface area contributed by atoms with Crippen molar-refractivity contribution < 1.29 is 0 Å². The van der Waals surface area contributed by atoms with Crippen molar-refractivity contribution in [2.24, 2.45) is 0 Å². The number of hydrogen-bond donors (Lipinski definition) is 0. The van der Waals surface area contributed by atoms with E-state index in [2.05, 4.69) is 38.3 Å². The van der Waals surface area contributed by atoms with Gasteiger partial charge in [-0.2, -0.15) is 0 Å². The van der Waals surface area contributed by atoms with E-state index in [4.69, 9.17) is 0 Å². The molecule has 0 radical (unpaired) electrons. The van der Waals surface area contributed by atoms with Crippen LogP contribution in [0.3, 0.4) is 0 Å². The maximum absolute atomic E-state index is 4.68. The van der Waals surface area contributed by atoms with E-state index in [1.807, 2.05) is 82.9 Å². The van der Waals surface area contributed by atoms with Gasteiger partial charge in [-0.25, -0.2) is 0 Å². The molecule has 36 heavy (non-hydrogen) atoms. The van der Waals surface area contributed by atoms with Crippen molar-refractivity contribution in [3.63, 3.8) is 0 Å². The van der Waals surface area contributed by atoms with Crippen molar-refractivity contribution in [3.05, 3.63) is 127 Å². The van der Waals surface area contributed by atoms with Crippen molar-refractivity contribution in [1.82, 2.24) is 34.9 Å². The summed E-state index contributed by atoms with van der Waals surface area (Å²) in [5.74, 6) is 0. The lowest BCUT2D eigenvalue weighted by atomic mass is 10.0. The molecule has 0 saturated carbocycles. The molecule has 0 atom stereocenters.